The van der Waals surface area contributed by atoms with Crippen molar-refractivity contribution in [3.8, 4) is 0 Å². The van der Waals surface area contributed by atoms with Crippen LogP contribution in [0.5, 0.6) is 0 Å². The summed E-state index contributed by atoms with van der Waals surface area (Å²) in [6.45, 7) is 0.393. The molecule has 1 saturated heterocycles. The zero-order chi connectivity index (χ0) is 20.3. The van der Waals surface area contributed by atoms with E-state index in [1.54, 1.807) is 18.2 Å². The minimum absolute atomic E-state index is 0.136. The highest BCUT2D eigenvalue weighted by molar-refractivity contribution is 6.07. The Labute approximate surface area is 162 Å². The third-order valence-electron chi connectivity index (χ3n) is 5.14. The van der Waals surface area contributed by atoms with E-state index >= 15 is 0 Å². The molecule has 148 valence electrons. The summed E-state index contributed by atoms with van der Waals surface area (Å²) in [5.74, 6) is -2.83. The molecule has 8 nitrogen and oxygen atoms in total. The Morgan fingerprint density at radius 2 is 1.75 bits per heavy atom. The first-order valence-electron chi connectivity index (χ1n) is 9.28. The lowest BCUT2D eigenvalue weighted by molar-refractivity contribution is -0.154. The van der Waals surface area contributed by atoms with Crippen LogP contribution in [0.4, 0.5) is 5.69 Å². The van der Waals surface area contributed by atoms with Gasteiger partial charge in [0.05, 0.1) is 11.8 Å². The van der Waals surface area contributed by atoms with Crippen LogP contribution in [-0.2, 0) is 23.9 Å². The highest BCUT2D eigenvalue weighted by atomic mass is 16.5. The highest BCUT2D eigenvalue weighted by Gasteiger charge is 2.48. The van der Waals surface area contributed by atoms with Gasteiger partial charge in [0.2, 0.25) is 11.8 Å². The van der Waals surface area contributed by atoms with Crippen LogP contribution >= 0.6 is 0 Å². The molecule has 0 bridgehead atoms. The number of ether oxygens (including phenoxy) is 1. The number of anilines is 1. The minimum atomic E-state index is -0.812. The number of likely N-dealkylation sites (tertiary alicyclic amines) is 1. The van der Waals surface area contributed by atoms with E-state index in [0.29, 0.717) is 24.1 Å². The number of carbonyl (C=O) groups is 5. The zero-order valence-corrected chi connectivity index (χ0v) is 15.6. The average molecular weight is 386 g/mol. The van der Waals surface area contributed by atoms with Crippen molar-refractivity contribution in [3.63, 3.8) is 0 Å². The topological polar surface area (TPSA) is 110 Å². The van der Waals surface area contributed by atoms with Crippen molar-refractivity contribution in [3.05, 3.63) is 29.8 Å². The molecule has 8 heteroatoms. The number of nitrogens with zero attached hydrogens (tertiary/aromatic N) is 1. The molecule has 1 aliphatic heterocycles. The molecule has 28 heavy (non-hydrogen) atoms. The Morgan fingerprint density at radius 3 is 2.36 bits per heavy atom. The minimum Gasteiger partial charge on any atom is -0.454 e. The van der Waals surface area contributed by atoms with E-state index in [-0.39, 0.29) is 29.4 Å². The predicted octanol–water partition coefficient (Wildman–Crippen LogP) is 1.55. The van der Waals surface area contributed by atoms with E-state index in [1.165, 1.54) is 13.0 Å². The molecular formula is C20H22N2O6. The lowest BCUT2D eigenvalue weighted by atomic mass is 9.81. The molecule has 0 spiro atoms. The molecule has 1 aliphatic carbocycles. The maximum absolute atomic E-state index is 12.3. The number of nitrogens with one attached hydrogen (secondary N) is 1. The standard InChI is InChI=1S/C20H22N2O6/c1-12(23)13-5-4-6-14(9-13)21-17(24)11-28-18(25)10-22-19(26)15-7-2-3-8-16(15)20(22)27/h4-6,9,15-16H,2-3,7-8,10-11H2,1H3,(H,21,24)/t15-,16+. The van der Waals surface area contributed by atoms with Crippen molar-refractivity contribution >= 4 is 35.2 Å². The molecule has 1 N–H and O–H groups in total. The van der Waals surface area contributed by atoms with E-state index < -0.39 is 25.0 Å². The quantitative estimate of drug-likeness (QED) is 0.451. The monoisotopic (exact) mass is 386 g/mol. The third-order valence-corrected chi connectivity index (χ3v) is 5.14. The summed E-state index contributed by atoms with van der Waals surface area (Å²) >= 11 is 0. The van der Waals surface area contributed by atoms with Gasteiger partial charge in [-0.15, -0.1) is 0 Å². The van der Waals surface area contributed by atoms with Crippen molar-refractivity contribution in [2.24, 2.45) is 11.8 Å². The van der Waals surface area contributed by atoms with Gasteiger partial charge in [-0.3, -0.25) is 28.9 Å². The van der Waals surface area contributed by atoms with Crippen molar-refractivity contribution in [1.82, 2.24) is 4.90 Å². The summed E-state index contributed by atoms with van der Waals surface area (Å²) in [4.78, 5) is 61.0. The Balaban J connectivity index is 1.49. The van der Waals surface area contributed by atoms with Crippen LogP contribution in [0.2, 0.25) is 0 Å². The number of Topliss-reactive ketones (excluding diaryl/α,β-unsaturated/α-hetero) is 1. The lowest BCUT2D eigenvalue weighted by Gasteiger charge is -2.19. The van der Waals surface area contributed by atoms with Crippen LogP contribution < -0.4 is 5.32 Å². The molecule has 2 aliphatic rings. The number of benzene rings is 1. The summed E-state index contributed by atoms with van der Waals surface area (Å²) in [6, 6.07) is 6.38. The van der Waals surface area contributed by atoms with Gasteiger partial charge >= 0.3 is 5.97 Å². The van der Waals surface area contributed by atoms with Crippen molar-refractivity contribution in [2.45, 2.75) is 32.6 Å². The maximum Gasteiger partial charge on any atom is 0.326 e. The summed E-state index contributed by atoms with van der Waals surface area (Å²) in [5, 5.41) is 2.53. The average Bonchev–Trinajstić information content (AvgIpc) is 2.92. The molecule has 1 saturated carbocycles. The zero-order valence-electron chi connectivity index (χ0n) is 15.6. The van der Waals surface area contributed by atoms with Gasteiger partial charge in [-0.25, -0.2) is 0 Å². The number of fused-ring (bicyclic) bond motifs is 1. The van der Waals surface area contributed by atoms with Crippen molar-refractivity contribution < 1.29 is 28.7 Å². The Bertz CT molecular complexity index is 810. The lowest BCUT2D eigenvalue weighted by Crippen LogP contribution is -2.37. The van der Waals surface area contributed by atoms with Gasteiger partial charge in [0, 0.05) is 11.3 Å². The molecule has 0 aromatic heterocycles. The van der Waals surface area contributed by atoms with Gasteiger partial charge in [-0.1, -0.05) is 25.0 Å². The summed E-state index contributed by atoms with van der Waals surface area (Å²) in [5.41, 5.74) is 0.852. The van der Waals surface area contributed by atoms with Crippen LogP contribution in [-0.4, -0.2) is 47.5 Å². The van der Waals surface area contributed by atoms with E-state index in [9.17, 15) is 24.0 Å². The molecule has 1 aromatic carbocycles. The first kappa shape index (κ1) is 19.7. The summed E-state index contributed by atoms with van der Waals surface area (Å²) in [6.07, 6.45) is 3.15. The van der Waals surface area contributed by atoms with E-state index in [4.69, 9.17) is 4.74 Å². The van der Waals surface area contributed by atoms with E-state index in [1.807, 2.05) is 0 Å². The molecule has 3 rings (SSSR count). The molecule has 2 atom stereocenters. The number of hydrogen-bond acceptors (Lipinski definition) is 6. The van der Waals surface area contributed by atoms with Gasteiger partial charge in [0.1, 0.15) is 6.54 Å². The van der Waals surface area contributed by atoms with E-state index in [0.717, 1.165) is 17.7 Å². The fourth-order valence-electron chi connectivity index (χ4n) is 3.72. The molecule has 1 heterocycles. The second kappa shape index (κ2) is 8.33. The number of imide groups is 1. The number of amides is 3. The van der Waals surface area contributed by atoms with Crippen molar-refractivity contribution in [2.75, 3.05) is 18.5 Å². The fourth-order valence-corrected chi connectivity index (χ4v) is 3.72. The molecular weight excluding hydrogens is 364 g/mol. The van der Waals surface area contributed by atoms with Gasteiger partial charge in [0.15, 0.2) is 12.4 Å². The first-order valence-corrected chi connectivity index (χ1v) is 9.28. The number of hydrogen-bond donors (Lipinski definition) is 1. The normalized spacial score (nSPS) is 21.2. The molecule has 0 unspecified atom stereocenters. The third kappa shape index (κ3) is 4.27. The Kier molecular flexibility index (Phi) is 5.87. The van der Waals surface area contributed by atoms with Gasteiger partial charge in [-0.2, -0.15) is 0 Å². The van der Waals surface area contributed by atoms with Crippen LogP contribution in [0.3, 0.4) is 0 Å². The number of rotatable bonds is 6. The van der Waals surface area contributed by atoms with Gasteiger partial charge in [0.25, 0.3) is 5.91 Å². The largest absolute Gasteiger partial charge is 0.454 e. The Hall–Kier alpha value is -3.03. The van der Waals surface area contributed by atoms with E-state index in [2.05, 4.69) is 5.32 Å². The molecule has 2 fully saturated rings. The smallest absolute Gasteiger partial charge is 0.326 e. The van der Waals surface area contributed by atoms with Crippen LogP contribution in [0.1, 0.15) is 43.0 Å². The summed E-state index contributed by atoms with van der Waals surface area (Å²) in [7, 11) is 0. The second-order valence-electron chi connectivity index (χ2n) is 7.11. The molecule has 3 amide bonds. The Morgan fingerprint density at radius 1 is 1.11 bits per heavy atom. The fraction of sp³-hybridized carbons (Fsp3) is 0.450. The van der Waals surface area contributed by atoms with Crippen LogP contribution in [0, 0.1) is 11.8 Å². The number of carbonyl (C=O) groups excluding carboxylic acids is 5. The molecule has 0 radical (unpaired) electrons. The second-order valence-corrected chi connectivity index (χ2v) is 7.11. The van der Waals surface area contributed by atoms with Gasteiger partial charge < -0.3 is 10.1 Å². The van der Waals surface area contributed by atoms with Crippen LogP contribution in [0.15, 0.2) is 24.3 Å². The SMILES string of the molecule is CC(=O)c1cccc(NC(=O)COC(=O)CN2C(=O)[C@H]3CCCC[C@H]3C2=O)c1. The van der Waals surface area contributed by atoms with Gasteiger partial charge in [-0.05, 0) is 31.9 Å². The molecule has 1 aromatic rings. The number of ketones is 1. The highest BCUT2D eigenvalue weighted by Crippen LogP contribution is 2.37. The summed E-state index contributed by atoms with van der Waals surface area (Å²) < 4.78 is 4.90. The van der Waals surface area contributed by atoms with Crippen LogP contribution in [0.25, 0.3) is 0 Å². The number of esters is 1. The van der Waals surface area contributed by atoms with Crippen molar-refractivity contribution in [1.29, 1.82) is 0 Å². The first-order chi connectivity index (χ1) is 13.4. The maximum atomic E-state index is 12.3. The predicted molar refractivity (Wildman–Crippen MR) is 98.2 cm³/mol.